The molecule has 9 heteroatoms. The van der Waals surface area contributed by atoms with Crippen molar-refractivity contribution in [1.29, 1.82) is 0 Å². The first-order chi connectivity index (χ1) is 12.2. The molecule has 6 nitrogen and oxygen atoms in total. The lowest BCUT2D eigenvalue weighted by Gasteiger charge is -2.29. The molecule has 0 aromatic heterocycles. The van der Waals surface area contributed by atoms with Crippen LogP contribution >= 0.6 is 0 Å². The first-order valence-corrected chi connectivity index (χ1v) is 12.8. The highest BCUT2D eigenvalue weighted by atomic mass is 32.3. The zero-order valence-electron chi connectivity index (χ0n) is 15.6. The van der Waals surface area contributed by atoms with Gasteiger partial charge in [0.25, 0.3) is 0 Å². The number of benzene rings is 2. The summed E-state index contributed by atoms with van der Waals surface area (Å²) < 4.78 is 75.4. The van der Waals surface area contributed by atoms with Gasteiger partial charge in [0.15, 0.2) is 0 Å². The minimum atomic E-state index is -4.79. The first kappa shape index (κ1) is 21.6. The van der Waals surface area contributed by atoms with E-state index in [4.69, 9.17) is 0 Å². The van der Waals surface area contributed by atoms with Gasteiger partial charge < -0.3 is 0 Å². The summed E-state index contributed by atoms with van der Waals surface area (Å²) in [6, 6.07) is 8.43. The first-order valence-electron chi connectivity index (χ1n) is 7.89. The Hall–Kier alpha value is -1.71. The molecule has 148 valence electrons. The molecule has 0 atom stereocenters. The predicted octanol–water partition coefficient (Wildman–Crippen LogP) is 2.66. The van der Waals surface area contributed by atoms with E-state index >= 15 is 0 Å². The summed E-state index contributed by atoms with van der Waals surface area (Å²) in [4.78, 5) is -0.734. The van der Waals surface area contributed by atoms with E-state index in [0.29, 0.717) is 28.5 Å². The van der Waals surface area contributed by atoms with Crippen LogP contribution in [0.15, 0.2) is 46.2 Å². The van der Waals surface area contributed by atoms with Gasteiger partial charge in [0, 0.05) is 16.0 Å². The third kappa shape index (κ3) is 4.41. The molecule has 0 saturated carbocycles. The van der Waals surface area contributed by atoms with Crippen molar-refractivity contribution < 1.29 is 25.3 Å². The topological polar surface area (TPSA) is 102 Å². The van der Waals surface area contributed by atoms with Gasteiger partial charge in [-0.1, -0.05) is 12.1 Å². The summed E-state index contributed by atoms with van der Waals surface area (Å²) in [7, 11) is -14.2. The molecular weight excluding hydrogens is 408 g/mol. The number of aryl methyl sites for hydroxylation is 4. The van der Waals surface area contributed by atoms with Gasteiger partial charge in [0.05, 0.1) is 33.4 Å². The standard InChI is InChI=1S/C18H21O6S3/c1-12-6-13(2)9-16(8-12)26(21,22)18(25(5,19)20)27(23,24)17-10-14(3)7-15(4)11-17/h6-11H,1-5H3/q-1. The summed E-state index contributed by atoms with van der Waals surface area (Å²) in [5, 5.41) is 0. The quantitative estimate of drug-likeness (QED) is 0.677. The Bertz CT molecular complexity index is 1090. The second-order valence-electron chi connectivity index (χ2n) is 6.68. The largest absolute Gasteiger partial charge is 0.260 e. The van der Waals surface area contributed by atoms with Crippen LogP contribution in [-0.2, 0) is 29.5 Å². The van der Waals surface area contributed by atoms with E-state index in [2.05, 4.69) is 0 Å². The summed E-state index contributed by atoms with van der Waals surface area (Å²) >= 11 is 0. The predicted molar refractivity (Wildman–Crippen MR) is 104 cm³/mol. The van der Waals surface area contributed by atoms with E-state index in [1.807, 2.05) is 0 Å². The Labute approximate surface area is 161 Å². The van der Waals surface area contributed by atoms with Gasteiger partial charge in [-0.15, -0.1) is 0 Å². The highest BCUT2D eigenvalue weighted by molar-refractivity contribution is 8.28. The van der Waals surface area contributed by atoms with Crippen molar-refractivity contribution in [3.8, 4) is 0 Å². The minimum absolute atomic E-state index is 0.367. The molecule has 0 radical (unpaired) electrons. The van der Waals surface area contributed by atoms with Gasteiger partial charge in [-0.2, -0.15) is 0 Å². The monoisotopic (exact) mass is 429 g/mol. The maximum Gasteiger partial charge on any atom is 0.0828 e. The lowest BCUT2D eigenvalue weighted by Crippen LogP contribution is -2.30. The van der Waals surface area contributed by atoms with Gasteiger partial charge in [0.1, 0.15) is 0 Å². The summed E-state index contributed by atoms with van der Waals surface area (Å²) in [5.41, 5.74) is 2.30. The fourth-order valence-electron chi connectivity index (χ4n) is 2.91. The van der Waals surface area contributed by atoms with Crippen molar-refractivity contribution in [2.45, 2.75) is 37.5 Å². The molecule has 2 aromatic rings. The molecular formula is C18H21O6S3-. The summed E-state index contributed by atoms with van der Waals surface area (Å²) in [6.45, 7) is 6.57. The second-order valence-corrected chi connectivity index (χ2v) is 13.2. The molecule has 0 aliphatic rings. The SMILES string of the molecule is Cc1cc(C)cc(S(=O)(=O)[C-](S(C)(=O)=O)S(=O)(=O)c2cc(C)cc(C)c2)c1. The maximum atomic E-state index is 13.1. The molecule has 0 amide bonds. The maximum absolute atomic E-state index is 13.1. The molecule has 0 saturated heterocycles. The third-order valence-electron chi connectivity index (χ3n) is 3.75. The lowest BCUT2D eigenvalue weighted by molar-refractivity contribution is 0.585. The van der Waals surface area contributed by atoms with Gasteiger partial charge in [-0.3, -0.25) is 25.3 Å². The summed E-state index contributed by atoms with van der Waals surface area (Å²) in [5.74, 6) is 0. The molecule has 0 unspecified atom stereocenters. The molecule has 0 aliphatic heterocycles. The van der Waals surface area contributed by atoms with Gasteiger partial charge >= 0.3 is 0 Å². The molecule has 0 fully saturated rings. The Morgan fingerprint density at radius 1 is 0.556 bits per heavy atom. The van der Waals surface area contributed by atoms with Crippen LogP contribution in [0.1, 0.15) is 22.3 Å². The minimum Gasteiger partial charge on any atom is -0.260 e. The van der Waals surface area contributed by atoms with Crippen LogP contribution in [0.2, 0.25) is 0 Å². The molecule has 0 N–H and O–H groups in total. The third-order valence-corrected chi connectivity index (χ3v) is 11.4. The van der Waals surface area contributed by atoms with Gasteiger partial charge in [-0.05, 0) is 74.2 Å². The van der Waals surface area contributed by atoms with Crippen molar-refractivity contribution in [1.82, 2.24) is 0 Å². The molecule has 2 aromatic carbocycles. The number of hydrogen-bond acceptors (Lipinski definition) is 6. The summed E-state index contributed by atoms with van der Waals surface area (Å²) in [6.07, 6.45) is 0.586. The van der Waals surface area contributed by atoms with Crippen LogP contribution in [-0.4, -0.2) is 31.5 Å². The molecule has 0 aliphatic carbocycles. The van der Waals surface area contributed by atoms with E-state index in [1.165, 1.54) is 24.3 Å². The van der Waals surface area contributed by atoms with Crippen LogP contribution in [0.5, 0.6) is 0 Å². The fourth-order valence-corrected chi connectivity index (χ4v) is 10.2. The fraction of sp³-hybridized carbons (Fsp3) is 0.278. The Kier molecular flexibility index (Phi) is 5.62. The van der Waals surface area contributed by atoms with Crippen molar-refractivity contribution in [2.24, 2.45) is 0 Å². The Balaban J connectivity index is 2.83. The van der Waals surface area contributed by atoms with Crippen LogP contribution < -0.4 is 0 Å². The van der Waals surface area contributed by atoms with E-state index < -0.39 is 33.4 Å². The van der Waals surface area contributed by atoms with Crippen molar-refractivity contribution >= 4 is 29.5 Å². The number of hydrogen-bond donors (Lipinski definition) is 0. The van der Waals surface area contributed by atoms with Crippen LogP contribution in [0, 0.1) is 31.6 Å². The van der Waals surface area contributed by atoms with Crippen molar-refractivity contribution in [2.75, 3.05) is 6.26 Å². The number of sulfone groups is 3. The Morgan fingerprint density at radius 2 is 0.815 bits per heavy atom. The molecule has 0 bridgehead atoms. The lowest BCUT2D eigenvalue weighted by atomic mass is 10.2. The zero-order chi connectivity index (χ0) is 20.8. The average Bonchev–Trinajstić information content (AvgIpc) is 2.42. The van der Waals surface area contributed by atoms with E-state index in [9.17, 15) is 25.3 Å². The number of rotatable bonds is 5. The Morgan fingerprint density at radius 3 is 1.04 bits per heavy atom. The smallest absolute Gasteiger partial charge is 0.0828 e. The van der Waals surface area contributed by atoms with E-state index in [-0.39, 0.29) is 9.79 Å². The molecule has 0 spiro atoms. The molecule has 2 rings (SSSR count). The van der Waals surface area contributed by atoms with Crippen molar-refractivity contribution in [3.05, 3.63) is 62.6 Å². The highest BCUT2D eigenvalue weighted by Crippen LogP contribution is 2.36. The molecule has 0 heterocycles. The zero-order valence-corrected chi connectivity index (χ0v) is 18.1. The van der Waals surface area contributed by atoms with Crippen LogP contribution in [0.4, 0.5) is 0 Å². The van der Waals surface area contributed by atoms with Crippen LogP contribution in [0.25, 0.3) is 0 Å². The highest BCUT2D eigenvalue weighted by Gasteiger charge is 2.35. The normalized spacial score (nSPS) is 13.1. The van der Waals surface area contributed by atoms with Gasteiger partial charge in [0.2, 0.25) is 0 Å². The average molecular weight is 430 g/mol. The molecule has 27 heavy (non-hydrogen) atoms. The van der Waals surface area contributed by atoms with Crippen LogP contribution in [0.3, 0.4) is 0 Å². The van der Waals surface area contributed by atoms with E-state index in [0.717, 1.165) is 0 Å². The van der Waals surface area contributed by atoms with E-state index in [1.54, 1.807) is 39.8 Å². The van der Waals surface area contributed by atoms with Crippen molar-refractivity contribution in [3.63, 3.8) is 0 Å². The second kappa shape index (κ2) is 7.03. The van der Waals surface area contributed by atoms with Gasteiger partial charge in [-0.25, -0.2) is 0 Å².